The summed E-state index contributed by atoms with van der Waals surface area (Å²) in [6, 6.07) is 8.41. The largest absolute Gasteiger partial charge is 0.376 e. The molecule has 2 fully saturated rings. The average molecular weight is 361 g/mol. The summed E-state index contributed by atoms with van der Waals surface area (Å²) >= 11 is 6.83. The van der Waals surface area contributed by atoms with E-state index in [0.29, 0.717) is 10.9 Å². The number of carbonyl (C=O) groups is 1. The van der Waals surface area contributed by atoms with Crippen LogP contribution in [0.25, 0.3) is 0 Å². The van der Waals surface area contributed by atoms with E-state index in [9.17, 15) is 4.79 Å². The predicted octanol–water partition coefficient (Wildman–Crippen LogP) is 3.32. The number of amides is 1. The van der Waals surface area contributed by atoms with E-state index in [1.165, 1.54) is 23.0 Å². The van der Waals surface area contributed by atoms with Gasteiger partial charge in [0.2, 0.25) is 0 Å². The van der Waals surface area contributed by atoms with Crippen LogP contribution in [0.3, 0.4) is 0 Å². The fraction of sp³-hybridized carbons (Fsp3) is 0.444. The molecule has 0 spiro atoms. The van der Waals surface area contributed by atoms with Crippen molar-refractivity contribution >= 4 is 39.9 Å². The van der Waals surface area contributed by atoms with Crippen molar-refractivity contribution in [2.24, 2.45) is 0 Å². The first-order chi connectivity index (χ1) is 11.7. The van der Waals surface area contributed by atoms with Crippen LogP contribution >= 0.6 is 24.0 Å². The van der Waals surface area contributed by atoms with E-state index >= 15 is 0 Å². The van der Waals surface area contributed by atoms with Crippen molar-refractivity contribution in [3.63, 3.8) is 0 Å². The third-order valence-electron chi connectivity index (χ3n) is 4.70. The van der Waals surface area contributed by atoms with Gasteiger partial charge in [-0.1, -0.05) is 42.2 Å². The molecule has 1 aromatic rings. The van der Waals surface area contributed by atoms with Gasteiger partial charge in [-0.2, -0.15) is 0 Å². The number of anilines is 1. The molecule has 0 saturated carbocycles. The minimum atomic E-state index is 0.0172. The third-order valence-corrected chi connectivity index (χ3v) is 6.07. The SMILES string of the molecule is O=C1C(=CN2CCCc3ccccc32)SC(=S)N1CC1CCCO1. The number of ether oxygens (including phenoxy) is 1. The summed E-state index contributed by atoms with van der Waals surface area (Å²) in [4.78, 5) is 17.4. The number of hydrogen-bond donors (Lipinski definition) is 0. The second-order valence-electron chi connectivity index (χ2n) is 6.34. The Morgan fingerprint density at radius 1 is 1.33 bits per heavy atom. The van der Waals surface area contributed by atoms with Gasteiger partial charge in [0.1, 0.15) is 4.32 Å². The highest BCUT2D eigenvalue weighted by Crippen LogP contribution is 2.35. The van der Waals surface area contributed by atoms with Crippen molar-refractivity contribution in [3.8, 4) is 0 Å². The Labute approximate surface area is 151 Å². The van der Waals surface area contributed by atoms with Crippen LogP contribution in [0.4, 0.5) is 5.69 Å². The van der Waals surface area contributed by atoms with E-state index in [0.717, 1.165) is 43.7 Å². The molecule has 3 aliphatic heterocycles. The molecule has 1 unspecified atom stereocenters. The Hall–Kier alpha value is -1.37. The summed E-state index contributed by atoms with van der Waals surface area (Å²) in [7, 11) is 0. The van der Waals surface area contributed by atoms with Gasteiger partial charge >= 0.3 is 0 Å². The number of hydrogen-bond acceptors (Lipinski definition) is 5. The van der Waals surface area contributed by atoms with Crippen molar-refractivity contribution in [2.75, 3.05) is 24.6 Å². The molecule has 1 aromatic carbocycles. The van der Waals surface area contributed by atoms with Gasteiger partial charge in [-0.15, -0.1) is 0 Å². The van der Waals surface area contributed by atoms with Crippen LogP contribution in [0.2, 0.25) is 0 Å². The lowest BCUT2D eigenvalue weighted by molar-refractivity contribution is -0.123. The van der Waals surface area contributed by atoms with Gasteiger partial charge in [-0.05, 0) is 37.3 Å². The lowest BCUT2D eigenvalue weighted by Crippen LogP contribution is -2.35. The normalized spacial score (nSPS) is 25.7. The summed E-state index contributed by atoms with van der Waals surface area (Å²) in [6.45, 7) is 2.31. The molecule has 3 aliphatic rings. The van der Waals surface area contributed by atoms with Crippen LogP contribution in [0.5, 0.6) is 0 Å². The molecule has 6 heteroatoms. The first-order valence-corrected chi connectivity index (χ1v) is 9.66. The van der Waals surface area contributed by atoms with Crippen molar-refractivity contribution in [2.45, 2.75) is 31.8 Å². The highest BCUT2D eigenvalue weighted by Gasteiger charge is 2.35. The Kier molecular flexibility index (Phi) is 4.61. The van der Waals surface area contributed by atoms with E-state index < -0.39 is 0 Å². The van der Waals surface area contributed by atoms with Gasteiger partial charge < -0.3 is 9.64 Å². The Morgan fingerprint density at radius 3 is 3.04 bits per heavy atom. The Morgan fingerprint density at radius 2 is 2.21 bits per heavy atom. The Balaban J connectivity index is 1.53. The minimum absolute atomic E-state index is 0.0172. The average Bonchev–Trinajstić information content (AvgIpc) is 3.20. The number of thioether (sulfide) groups is 1. The molecule has 2 saturated heterocycles. The highest BCUT2D eigenvalue weighted by atomic mass is 32.2. The zero-order valence-electron chi connectivity index (χ0n) is 13.4. The summed E-state index contributed by atoms with van der Waals surface area (Å²) in [5, 5.41) is 0. The number of para-hydroxylation sites is 1. The van der Waals surface area contributed by atoms with Crippen LogP contribution in [0.1, 0.15) is 24.8 Å². The molecule has 0 bridgehead atoms. The fourth-order valence-electron chi connectivity index (χ4n) is 3.48. The first-order valence-electron chi connectivity index (χ1n) is 8.44. The standard InChI is InChI=1S/C18H20N2O2S2/c21-17-16(24-18(23)20(17)11-14-7-4-10-22-14)12-19-9-3-6-13-5-1-2-8-15(13)19/h1-2,5,8,12,14H,3-4,6-7,9-11H2. The zero-order chi connectivity index (χ0) is 16.5. The molecule has 0 aromatic heterocycles. The molecule has 0 aliphatic carbocycles. The first kappa shape index (κ1) is 16.1. The summed E-state index contributed by atoms with van der Waals surface area (Å²) in [5.74, 6) is 0.0172. The summed E-state index contributed by atoms with van der Waals surface area (Å²) < 4.78 is 6.30. The third kappa shape index (κ3) is 3.10. The molecule has 1 amide bonds. The van der Waals surface area contributed by atoms with Gasteiger partial charge in [-0.3, -0.25) is 9.69 Å². The molecular weight excluding hydrogens is 340 g/mol. The van der Waals surface area contributed by atoms with Crippen molar-refractivity contribution in [3.05, 3.63) is 40.9 Å². The topological polar surface area (TPSA) is 32.8 Å². The van der Waals surface area contributed by atoms with Crippen LogP contribution in [-0.4, -0.2) is 40.9 Å². The lowest BCUT2D eigenvalue weighted by Gasteiger charge is -2.28. The van der Waals surface area contributed by atoms with E-state index in [2.05, 4.69) is 23.1 Å². The highest BCUT2D eigenvalue weighted by molar-refractivity contribution is 8.26. The van der Waals surface area contributed by atoms with Crippen LogP contribution in [0.15, 0.2) is 35.4 Å². The minimum Gasteiger partial charge on any atom is -0.376 e. The molecule has 126 valence electrons. The van der Waals surface area contributed by atoms with E-state index in [4.69, 9.17) is 17.0 Å². The molecule has 1 atom stereocenters. The summed E-state index contributed by atoms with van der Waals surface area (Å²) in [5.41, 5.74) is 2.54. The van der Waals surface area contributed by atoms with Gasteiger partial charge in [-0.25, -0.2) is 0 Å². The smallest absolute Gasteiger partial charge is 0.267 e. The van der Waals surface area contributed by atoms with Gasteiger partial charge in [0.25, 0.3) is 5.91 Å². The number of nitrogens with zero attached hydrogens (tertiary/aromatic N) is 2. The van der Waals surface area contributed by atoms with Gasteiger partial charge in [0, 0.05) is 25.0 Å². The van der Waals surface area contributed by atoms with Crippen LogP contribution < -0.4 is 4.90 Å². The number of benzene rings is 1. The van der Waals surface area contributed by atoms with Crippen LogP contribution in [0, 0.1) is 0 Å². The number of carbonyl (C=O) groups excluding carboxylic acids is 1. The van der Waals surface area contributed by atoms with E-state index in [-0.39, 0.29) is 12.0 Å². The predicted molar refractivity (Wildman–Crippen MR) is 101 cm³/mol. The van der Waals surface area contributed by atoms with Crippen molar-refractivity contribution in [1.82, 2.24) is 4.90 Å². The van der Waals surface area contributed by atoms with E-state index in [1.54, 1.807) is 4.90 Å². The molecule has 3 heterocycles. The second kappa shape index (κ2) is 6.86. The number of aryl methyl sites for hydroxylation is 1. The Bertz CT molecular complexity index is 698. The summed E-state index contributed by atoms with van der Waals surface area (Å²) in [6.07, 6.45) is 6.38. The van der Waals surface area contributed by atoms with Crippen molar-refractivity contribution < 1.29 is 9.53 Å². The molecule has 4 nitrogen and oxygen atoms in total. The molecule has 0 N–H and O–H groups in total. The zero-order valence-corrected chi connectivity index (χ0v) is 15.1. The molecule has 4 rings (SSSR count). The molecule has 0 radical (unpaired) electrons. The maximum absolute atomic E-state index is 12.8. The van der Waals surface area contributed by atoms with Gasteiger partial charge in [0.15, 0.2) is 0 Å². The number of fused-ring (bicyclic) bond motifs is 1. The maximum Gasteiger partial charge on any atom is 0.267 e. The van der Waals surface area contributed by atoms with Crippen LogP contribution in [-0.2, 0) is 16.0 Å². The lowest BCUT2D eigenvalue weighted by atomic mass is 10.0. The molecule has 24 heavy (non-hydrogen) atoms. The maximum atomic E-state index is 12.8. The second-order valence-corrected chi connectivity index (χ2v) is 8.01. The number of rotatable bonds is 3. The van der Waals surface area contributed by atoms with E-state index in [1.807, 2.05) is 12.3 Å². The van der Waals surface area contributed by atoms with Crippen molar-refractivity contribution in [1.29, 1.82) is 0 Å². The quantitative estimate of drug-likeness (QED) is 0.610. The molecular formula is C18H20N2O2S2. The van der Waals surface area contributed by atoms with Gasteiger partial charge in [0.05, 0.1) is 17.6 Å². The number of thiocarbonyl (C=S) groups is 1. The monoisotopic (exact) mass is 360 g/mol. The fourth-order valence-corrected chi connectivity index (χ4v) is 4.74.